The summed E-state index contributed by atoms with van der Waals surface area (Å²) in [7, 11) is 0. The molecule has 0 unspecified atom stereocenters. The third kappa shape index (κ3) is 7.75. The molecule has 7 heteroatoms. The van der Waals surface area contributed by atoms with E-state index in [4.69, 9.17) is 9.47 Å². The zero-order valence-electron chi connectivity index (χ0n) is 17.8. The minimum absolute atomic E-state index is 0.305. The number of hydrogen-bond donors (Lipinski definition) is 1. The highest BCUT2D eigenvalue weighted by molar-refractivity contribution is 5.84. The summed E-state index contributed by atoms with van der Waals surface area (Å²) in [6.07, 6.45) is 0.509. The molecule has 160 valence electrons. The Kier molecular flexibility index (Phi) is 8.05. The molecule has 2 rings (SSSR count). The van der Waals surface area contributed by atoms with Crippen LogP contribution in [0.5, 0.6) is 0 Å². The van der Waals surface area contributed by atoms with Crippen molar-refractivity contribution >= 4 is 18.0 Å². The number of nitrogens with zero attached hydrogens (tertiary/aromatic N) is 1. The van der Waals surface area contributed by atoms with Gasteiger partial charge in [-0.3, -0.25) is 9.59 Å². The molecule has 1 heterocycles. The first-order chi connectivity index (χ1) is 13.7. The quantitative estimate of drug-likeness (QED) is 0.737. The van der Waals surface area contributed by atoms with E-state index >= 15 is 0 Å². The van der Waals surface area contributed by atoms with E-state index in [1.807, 2.05) is 51.1 Å². The van der Waals surface area contributed by atoms with Gasteiger partial charge in [0.2, 0.25) is 0 Å². The zero-order valence-corrected chi connectivity index (χ0v) is 17.8. The van der Waals surface area contributed by atoms with Crippen molar-refractivity contribution in [3.63, 3.8) is 0 Å². The van der Waals surface area contributed by atoms with Crippen molar-refractivity contribution in [2.45, 2.75) is 58.7 Å². The van der Waals surface area contributed by atoms with Gasteiger partial charge in [-0.1, -0.05) is 30.3 Å². The maximum atomic E-state index is 12.4. The van der Waals surface area contributed by atoms with E-state index in [2.05, 4.69) is 5.32 Å². The van der Waals surface area contributed by atoms with Crippen LogP contribution in [0.1, 0.15) is 46.1 Å². The van der Waals surface area contributed by atoms with E-state index in [-0.39, 0.29) is 23.9 Å². The molecule has 1 aliphatic rings. The van der Waals surface area contributed by atoms with Crippen LogP contribution in [0.25, 0.3) is 0 Å². The molecule has 0 aromatic heterocycles. The second-order valence-corrected chi connectivity index (χ2v) is 8.35. The first-order valence-electron chi connectivity index (χ1n) is 10.2. The van der Waals surface area contributed by atoms with Crippen LogP contribution >= 0.6 is 0 Å². The van der Waals surface area contributed by atoms with Crippen LogP contribution < -0.4 is 5.32 Å². The molecule has 1 atom stereocenters. The number of carbonyl (C=O) groups is 3. The van der Waals surface area contributed by atoms with Crippen LogP contribution in [0.3, 0.4) is 0 Å². The fourth-order valence-electron chi connectivity index (χ4n) is 3.07. The fourth-order valence-corrected chi connectivity index (χ4v) is 3.07. The number of amides is 2. The van der Waals surface area contributed by atoms with Crippen molar-refractivity contribution in [3.05, 3.63) is 35.9 Å². The van der Waals surface area contributed by atoms with Crippen molar-refractivity contribution < 1.29 is 23.9 Å². The van der Waals surface area contributed by atoms with Crippen molar-refractivity contribution in [3.8, 4) is 0 Å². The number of ether oxygens (including phenoxy) is 2. The van der Waals surface area contributed by atoms with Crippen LogP contribution in [0, 0.1) is 5.92 Å². The summed E-state index contributed by atoms with van der Waals surface area (Å²) in [4.78, 5) is 38.2. The third-order valence-corrected chi connectivity index (χ3v) is 4.70. The number of rotatable bonds is 6. The number of benzene rings is 1. The highest BCUT2D eigenvalue weighted by Gasteiger charge is 2.32. The Hall–Kier alpha value is -2.57. The largest absolute Gasteiger partial charge is 0.452 e. The third-order valence-electron chi connectivity index (χ3n) is 4.70. The molecule has 0 bridgehead atoms. The van der Waals surface area contributed by atoms with Gasteiger partial charge in [0.25, 0.3) is 5.91 Å². The van der Waals surface area contributed by atoms with Gasteiger partial charge in [0.15, 0.2) is 6.10 Å². The van der Waals surface area contributed by atoms with Crippen molar-refractivity contribution in [1.82, 2.24) is 10.2 Å². The number of piperidine rings is 1. The summed E-state index contributed by atoms with van der Waals surface area (Å²) in [5.41, 5.74) is 0.588. The molecule has 29 heavy (non-hydrogen) atoms. The van der Waals surface area contributed by atoms with Crippen LogP contribution in [0.15, 0.2) is 30.3 Å². The standard InChI is InChI=1S/C22H32N2O5/c1-16(19(25)23-13-10-17-8-6-5-7-9-17)28-20(26)18-11-14-24(15-12-18)21(27)29-22(2,3)4/h5-9,16,18H,10-15H2,1-4H3,(H,23,25)/t16-/m1/s1. The van der Waals surface area contributed by atoms with E-state index < -0.39 is 11.7 Å². The Bertz CT molecular complexity index is 691. The molecule has 1 aliphatic heterocycles. The maximum absolute atomic E-state index is 12.4. The highest BCUT2D eigenvalue weighted by atomic mass is 16.6. The van der Waals surface area contributed by atoms with Gasteiger partial charge in [0.1, 0.15) is 5.60 Å². The van der Waals surface area contributed by atoms with E-state index in [0.717, 1.165) is 12.0 Å². The van der Waals surface area contributed by atoms with Gasteiger partial charge in [-0.25, -0.2) is 4.79 Å². The average molecular weight is 405 g/mol. The molecule has 1 N–H and O–H groups in total. The van der Waals surface area contributed by atoms with E-state index in [9.17, 15) is 14.4 Å². The number of carbonyl (C=O) groups excluding carboxylic acids is 3. The second-order valence-electron chi connectivity index (χ2n) is 8.35. The predicted molar refractivity (Wildman–Crippen MR) is 109 cm³/mol. The molecule has 0 spiro atoms. The van der Waals surface area contributed by atoms with Crippen molar-refractivity contribution in [2.24, 2.45) is 5.92 Å². The highest BCUT2D eigenvalue weighted by Crippen LogP contribution is 2.21. The summed E-state index contributed by atoms with van der Waals surface area (Å²) in [6.45, 7) is 8.40. The Morgan fingerprint density at radius 1 is 1.14 bits per heavy atom. The van der Waals surface area contributed by atoms with Crippen LogP contribution in [0.4, 0.5) is 4.79 Å². The van der Waals surface area contributed by atoms with Gasteiger partial charge in [-0.05, 0) is 52.5 Å². The lowest BCUT2D eigenvalue weighted by Gasteiger charge is -2.32. The lowest BCUT2D eigenvalue weighted by Crippen LogP contribution is -2.44. The minimum Gasteiger partial charge on any atom is -0.452 e. The minimum atomic E-state index is -0.845. The first kappa shape index (κ1) is 22.7. The topological polar surface area (TPSA) is 84.9 Å². The van der Waals surface area contributed by atoms with Crippen LogP contribution in [0.2, 0.25) is 0 Å². The molecule has 0 aliphatic carbocycles. The lowest BCUT2D eigenvalue weighted by molar-refractivity contribution is -0.160. The maximum Gasteiger partial charge on any atom is 0.410 e. The SMILES string of the molecule is C[C@@H](OC(=O)C1CCN(C(=O)OC(C)(C)C)CC1)C(=O)NCCc1ccccc1. The number of likely N-dealkylation sites (tertiary alicyclic amines) is 1. The lowest BCUT2D eigenvalue weighted by atomic mass is 9.97. The van der Waals surface area contributed by atoms with Gasteiger partial charge < -0.3 is 19.7 Å². The molecule has 1 fully saturated rings. The monoisotopic (exact) mass is 404 g/mol. The summed E-state index contributed by atoms with van der Waals surface area (Å²) in [6, 6.07) is 9.85. The molecule has 1 saturated heterocycles. The summed E-state index contributed by atoms with van der Waals surface area (Å²) in [5, 5.41) is 2.80. The van der Waals surface area contributed by atoms with Crippen molar-refractivity contribution in [2.75, 3.05) is 19.6 Å². The summed E-state index contributed by atoms with van der Waals surface area (Å²) < 4.78 is 10.7. The molecular weight excluding hydrogens is 372 g/mol. The average Bonchev–Trinajstić information content (AvgIpc) is 2.67. The van der Waals surface area contributed by atoms with Crippen LogP contribution in [-0.2, 0) is 25.5 Å². The number of nitrogens with one attached hydrogen (secondary N) is 1. The Morgan fingerprint density at radius 2 is 1.76 bits per heavy atom. The Labute approximate surface area is 172 Å². The van der Waals surface area contributed by atoms with E-state index in [1.165, 1.54) is 0 Å². The van der Waals surface area contributed by atoms with Gasteiger partial charge in [0, 0.05) is 19.6 Å². The van der Waals surface area contributed by atoms with Gasteiger partial charge in [0.05, 0.1) is 5.92 Å². The van der Waals surface area contributed by atoms with Gasteiger partial charge in [-0.15, -0.1) is 0 Å². The normalized spacial score (nSPS) is 16.1. The van der Waals surface area contributed by atoms with Crippen molar-refractivity contribution in [1.29, 1.82) is 0 Å². The summed E-state index contributed by atoms with van der Waals surface area (Å²) in [5.74, 6) is -1.01. The first-order valence-corrected chi connectivity index (χ1v) is 10.2. The van der Waals surface area contributed by atoms with E-state index in [0.29, 0.717) is 32.5 Å². The Morgan fingerprint density at radius 3 is 2.34 bits per heavy atom. The second kappa shape index (κ2) is 10.3. The molecule has 1 aromatic rings. The van der Waals surface area contributed by atoms with Crippen LogP contribution in [-0.4, -0.2) is 54.2 Å². The fraction of sp³-hybridized carbons (Fsp3) is 0.591. The number of esters is 1. The van der Waals surface area contributed by atoms with E-state index in [1.54, 1.807) is 11.8 Å². The summed E-state index contributed by atoms with van der Waals surface area (Å²) >= 11 is 0. The molecule has 7 nitrogen and oxygen atoms in total. The van der Waals surface area contributed by atoms with Gasteiger partial charge >= 0.3 is 12.1 Å². The molecular formula is C22H32N2O5. The predicted octanol–water partition coefficient (Wildman–Crippen LogP) is 2.92. The molecule has 2 amide bonds. The van der Waals surface area contributed by atoms with Gasteiger partial charge in [-0.2, -0.15) is 0 Å². The molecule has 1 aromatic carbocycles. The Balaban J connectivity index is 1.70. The molecule has 0 radical (unpaired) electrons. The zero-order chi connectivity index (χ0) is 21.4. The number of hydrogen-bond acceptors (Lipinski definition) is 5. The smallest absolute Gasteiger partial charge is 0.410 e. The molecule has 0 saturated carbocycles.